The first-order chi connectivity index (χ1) is 8.70. The molecule has 94 valence electrons. The highest BCUT2D eigenvalue weighted by atomic mass is 32.2. The molecule has 0 aliphatic carbocycles. The molecule has 0 N–H and O–H groups in total. The first-order valence-corrected chi connectivity index (χ1v) is 6.50. The predicted molar refractivity (Wildman–Crippen MR) is 69.9 cm³/mol. The summed E-state index contributed by atoms with van der Waals surface area (Å²) >= 11 is 1.48. The standard InChI is InChI=1S/C13H13NO3S/c1-17-13(16)11-4-2-3-10(7-11)8-14-5-6-18-9-12(14)15/h2-7H,8-9H2,1H3. The monoisotopic (exact) mass is 263 g/mol. The van der Waals surface area contributed by atoms with Gasteiger partial charge in [0.15, 0.2) is 0 Å². The largest absolute Gasteiger partial charge is 0.465 e. The van der Waals surface area contributed by atoms with Gasteiger partial charge in [-0.2, -0.15) is 0 Å². The van der Waals surface area contributed by atoms with Gasteiger partial charge in [-0.25, -0.2) is 4.79 Å². The number of carbonyl (C=O) groups excluding carboxylic acids is 2. The zero-order valence-corrected chi connectivity index (χ0v) is 10.8. The average molecular weight is 263 g/mol. The molecule has 1 heterocycles. The molecule has 0 aromatic heterocycles. The number of methoxy groups -OCH3 is 1. The van der Waals surface area contributed by atoms with Crippen LogP contribution in [0.3, 0.4) is 0 Å². The van der Waals surface area contributed by atoms with Gasteiger partial charge in [-0.15, -0.1) is 11.8 Å². The number of amides is 1. The molecule has 0 saturated carbocycles. The van der Waals surface area contributed by atoms with Gasteiger partial charge in [-0.1, -0.05) is 12.1 Å². The van der Waals surface area contributed by atoms with E-state index in [-0.39, 0.29) is 11.9 Å². The van der Waals surface area contributed by atoms with E-state index < -0.39 is 0 Å². The van der Waals surface area contributed by atoms with Crippen LogP contribution < -0.4 is 0 Å². The van der Waals surface area contributed by atoms with Crippen molar-refractivity contribution in [1.29, 1.82) is 0 Å². The maximum absolute atomic E-state index is 11.6. The minimum absolute atomic E-state index is 0.0750. The lowest BCUT2D eigenvalue weighted by Crippen LogP contribution is -2.28. The van der Waals surface area contributed by atoms with Gasteiger partial charge in [0.05, 0.1) is 25.0 Å². The topological polar surface area (TPSA) is 46.6 Å². The molecule has 1 aromatic rings. The molecule has 1 aliphatic rings. The van der Waals surface area contributed by atoms with E-state index in [0.717, 1.165) is 5.56 Å². The molecular formula is C13H13NO3S. The smallest absolute Gasteiger partial charge is 0.337 e. The number of ether oxygens (including phenoxy) is 1. The molecule has 5 heteroatoms. The molecule has 1 aliphatic heterocycles. The van der Waals surface area contributed by atoms with Crippen LogP contribution in [-0.2, 0) is 16.1 Å². The molecule has 2 rings (SSSR count). The summed E-state index contributed by atoms with van der Waals surface area (Å²) in [5.41, 5.74) is 1.40. The normalized spacial score (nSPS) is 14.7. The number of hydrogen-bond acceptors (Lipinski definition) is 4. The molecule has 4 nitrogen and oxygen atoms in total. The molecule has 0 bridgehead atoms. The first kappa shape index (κ1) is 12.7. The molecule has 1 amide bonds. The van der Waals surface area contributed by atoms with E-state index in [1.165, 1.54) is 18.9 Å². The second kappa shape index (κ2) is 5.73. The fraction of sp³-hybridized carbons (Fsp3) is 0.231. The zero-order valence-electron chi connectivity index (χ0n) is 9.96. The Morgan fingerprint density at radius 2 is 2.33 bits per heavy atom. The van der Waals surface area contributed by atoms with Gasteiger partial charge < -0.3 is 9.64 Å². The summed E-state index contributed by atoms with van der Waals surface area (Å²) in [6.07, 6.45) is 1.77. The molecule has 0 atom stereocenters. The molecule has 0 saturated heterocycles. The second-order valence-corrected chi connectivity index (χ2v) is 4.70. The Bertz CT molecular complexity index is 499. The Kier molecular flexibility index (Phi) is 4.04. The zero-order chi connectivity index (χ0) is 13.0. The Hall–Kier alpha value is -1.75. The van der Waals surface area contributed by atoms with Crippen LogP contribution in [0.2, 0.25) is 0 Å². The Morgan fingerprint density at radius 3 is 3.06 bits per heavy atom. The van der Waals surface area contributed by atoms with Gasteiger partial charge in [-0.3, -0.25) is 4.79 Å². The van der Waals surface area contributed by atoms with Gasteiger partial charge in [0, 0.05) is 6.20 Å². The molecule has 18 heavy (non-hydrogen) atoms. The van der Waals surface area contributed by atoms with Gasteiger partial charge in [0.25, 0.3) is 0 Å². The van der Waals surface area contributed by atoms with Crippen molar-refractivity contribution in [2.45, 2.75) is 6.54 Å². The van der Waals surface area contributed by atoms with Crippen molar-refractivity contribution < 1.29 is 14.3 Å². The summed E-state index contributed by atoms with van der Waals surface area (Å²) in [7, 11) is 1.35. The Morgan fingerprint density at radius 1 is 1.50 bits per heavy atom. The van der Waals surface area contributed by atoms with Gasteiger partial charge in [0.2, 0.25) is 5.91 Å². The van der Waals surface area contributed by atoms with Crippen molar-refractivity contribution in [1.82, 2.24) is 4.90 Å². The highest BCUT2D eigenvalue weighted by molar-refractivity contribution is 8.02. The summed E-state index contributed by atoms with van der Waals surface area (Å²) in [6, 6.07) is 7.11. The predicted octanol–water partition coefficient (Wildman–Crippen LogP) is 2.02. The molecule has 1 aromatic carbocycles. The third-order valence-electron chi connectivity index (χ3n) is 2.57. The first-order valence-electron chi connectivity index (χ1n) is 5.45. The molecule has 0 unspecified atom stereocenters. The van der Waals surface area contributed by atoms with Crippen molar-refractivity contribution in [2.24, 2.45) is 0 Å². The van der Waals surface area contributed by atoms with Crippen molar-refractivity contribution in [3.8, 4) is 0 Å². The Balaban J connectivity index is 2.14. The lowest BCUT2D eigenvalue weighted by atomic mass is 10.1. The fourth-order valence-corrected chi connectivity index (χ4v) is 2.29. The second-order valence-electron chi connectivity index (χ2n) is 3.81. The summed E-state index contributed by atoms with van der Waals surface area (Å²) in [4.78, 5) is 24.7. The SMILES string of the molecule is COC(=O)c1cccc(CN2C=CSCC2=O)c1. The number of esters is 1. The van der Waals surface area contributed by atoms with Gasteiger partial charge in [-0.05, 0) is 23.1 Å². The third kappa shape index (κ3) is 2.92. The maximum Gasteiger partial charge on any atom is 0.337 e. The number of benzene rings is 1. The van der Waals surface area contributed by atoms with E-state index in [0.29, 0.717) is 17.9 Å². The Labute approximate surface area is 110 Å². The van der Waals surface area contributed by atoms with E-state index in [4.69, 9.17) is 0 Å². The van der Waals surface area contributed by atoms with Crippen molar-refractivity contribution in [2.75, 3.05) is 12.9 Å². The lowest BCUT2D eigenvalue weighted by molar-refractivity contribution is -0.126. The van der Waals surface area contributed by atoms with Crippen LogP contribution in [0.4, 0.5) is 0 Å². The van der Waals surface area contributed by atoms with E-state index in [9.17, 15) is 9.59 Å². The van der Waals surface area contributed by atoms with Crippen LogP contribution in [0.1, 0.15) is 15.9 Å². The van der Waals surface area contributed by atoms with Crippen molar-refractivity contribution in [3.05, 3.63) is 47.0 Å². The van der Waals surface area contributed by atoms with E-state index in [2.05, 4.69) is 4.74 Å². The minimum atomic E-state index is -0.368. The molecule has 0 radical (unpaired) electrons. The van der Waals surface area contributed by atoms with Gasteiger partial charge >= 0.3 is 5.97 Å². The highest BCUT2D eigenvalue weighted by Gasteiger charge is 2.15. The van der Waals surface area contributed by atoms with E-state index in [1.807, 2.05) is 11.5 Å². The lowest BCUT2D eigenvalue weighted by Gasteiger charge is -2.21. The van der Waals surface area contributed by atoms with Crippen molar-refractivity contribution >= 4 is 23.6 Å². The minimum Gasteiger partial charge on any atom is -0.465 e. The summed E-state index contributed by atoms with van der Waals surface area (Å²) in [5, 5.41) is 1.89. The number of thioether (sulfide) groups is 1. The van der Waals surface area contributed by atoms with Crippen LogP contribution >= 0.6 is 11.8 Å². The molecule has 0 spiro atoms. The third-order valence-corrected chi connectivity index (χ3v) is 3.29. The summed E-state index contributed by atoms with van der Waals surface area (Å²) in [5.74, 6) is 0.173. The van der Waals surface area contributed by atoms with E-state index in [1.54, 1.807) is 29.3 Å². The number of carbonyl (C=O) groups is 2. The summed E-state index contributed by atoms with van der Waals surface area (Å²) in [6.45, 7) is 0.473. The van der Waals surface area contributed by atoms with Crippen LogP contribution in [0.25, 0.3) is 0 Å². The van der Waals surface area contributed by atoms with E-state index >= 15 is 0 Å². The number of hydrogen-bond donors (Lipinski definition) is 0. The van der Waals surface area contributed by atoms with Gasteiger partial charge in [0.1, 0.15) is 0 Å². The maximum atomic E-state index is 11.6. The fourth-order valence-electron chi connectivity index (χ4n) is 1.65. The summed E-state index contributed by atoms with van der Waals surface area (Å²) < 4.78 is 4.67. The van der Waals surface area contributed by atoms with Crippen LogP contribution in [0.15, 0.2) is 35.9 Å². The molecule has 0 fully saturated rings. The van der Waals surface area contributed by atoms with Crippen LogP contribution in [0.5, 0.6) is 0 Å². The highest BCUT2D eigenvalue weighted by Crippen LogP contribution is 2.16. The quantitative estimate of drug-likeness (QED) is 0.783. The van der Waals surface area contributed by atoms with Crippen LogP contribution in [-0.4, -0.2) is 29.6 Å². The number of nitrogens with zero attached hydrogens (tertiary/aromatic N) is 1. The molecular weight excluding hydrogens is 250 g/mol. The number of rotatable bonds is 3. The average Bonchev–Trinajstić information content (AvgIpc) is 2.41. The van der Waals surface area contributed by atoms with Crippen LogP contribution in [0, 0.1) is 0 Å². The van der Waals surface area contributed by atoms with Crippen molar-refractivity contribution in [3.63, 3.8) is 0 Å².